The first-order valence-corrected chi connectivity index (χ1v) is 17.6. The van der Waals surface area contributed by atoms with Gasteiger partial charge in [0.25, 0.3) is 0 Å². The van der Waals surface area contributed by atoms with Crippen LogP contribution in [0.5, 0.6) is 0 Å². The fourth-order valence-corrected chi connectivity index (χ4v) is 7.67. The van der Waals surface area contributed by atoms with Crippen molar-refractivity contribution in [1.29, 1.82) is 0 Å². The maximum Gasteiger partial charge on any atom is 0.182 e. The minimum Gasteiger partial charge on any atom is -0.376 e. The van der Waals surface area contributed by atoms with E-state index < -0.39 is 26.8 Å². The number of aromatic nitrogens is 6. The van der Waals surface area contributed by atoms with E-state index in [1.54, 1.807) is 17.2 Å². The van der Waals surface area contributed by atoms with E-state index in [9.17, 15) is 8.42 Å². The van der Waals surface area contributed by atoms with Crippen LogP contribution in [-0.4, -0.2) is 79.1 Å². The molecule has 1 spiro atoms. The minimum absolute atomic E-state index is 0.0139. The van der Waals surface area contributed by atoms with E-state index in [4.69, 9.17) is 18.9 Å². The molecular formula is C31H44N8O4S2. The van der Waals surface area contributed by atoms with Crippen molar-refractivity contribution < 1.29 is 17.3 Å². The standard InChI is InChI=1S/C31H44N8O4S2/c1-20-26(36-44(40)29(2,3)4)31(18-42-20)11-13-38(14-12-31)27-24(17-43-45(41)30(5,6)7)35-28-23(34-27)16-33-39(28)21-9-10-25-22(15-21)32-19-37(25)8/h9-10,15-16,19-20,26,36H,11-14,17-18H2,1-8H3/t20-,26+,44?,45?/m0/s1. The lowest BCUT2D eigenvalue weighted by molar-refractivity contribution is 0.0973. The molecule has 0 aliphatic carbocycles. The largest absolute Gasteiger partial charge is 0.376 e. The van der Waals surface area contributed by atoms with Gasteiger partial charge < -0.3 is 14.2 Å². The Balaban J connectivity index is 1.31. The lowest BCUT2D eigenvalue weighted by Gasteiger charge is -2.43. The Hall–Kier alpha value is -2.78. The number of anilines is 1. The fraction of sp³-hybridized carbons (Fsp3) is 0.613. The first kappa shape index (κ1) is 32.2. The molecule has 0 saturated carbocycles. The summed E-state index contributed by atoms with van der Waals surface area (Å²) in [7, 11) is 0.763. The quantitative estimate of drug-likeness (QED) is 0.313. The number of rotatable bonds is 7. The summed E-state index contributed by atoms with van der Waals surface area (Å²) in [5, 5.41) is 4.65. The van der Waals surface area contributed by atoms with E-state index in [1.807, 2.05) is 71.4 Å². The molecule has 2 saturated heterocycles. The number of nitrogens with zero attached hydrogens (tertiary/aromatic N) is 7. The molecule has 1 aromatic carbocycles. The summed E-state index contributed by atoms with van der Waals surface area (Å²) in [6.07, 6.45) is 5.16. The van der Waals surface area contributed by atoms with Gasteiger partial charge in [-0.25, -0.2) is 32.8 Å². The monoisotopic (exact) mass is 656 g/mol. The van der Waals surface area contributed by atoms with Gasteiger partial charge >= 0.3 is 0 Å². The molecule has 12 nitrogen and oxygen atoms in total. The SMILES string of the molecule is C[C@@H]1OCC2(CCN(c3nc4cnn(-c5ccc6c(c5)ncn6C)c4nc3COS(=O)C(C)(C)C)CC2)[C@@H]1NS(=O)C(C)(C)C. The van der Waals surface area contributed by atoms with Gasteiger partial charge in [-0.1, -0.05) is 0 Å². The molecule has 4 atom stereocenters. The predicted molar refractivity (Wildman–Crippen MR) is 178 cm³/mol. The van der Waals surface area contributed by atoms with Crippen LogP contribution in [0.4, 0.5) is 5.82 Å². The molecule has 0 radical (unpaired) electrons. The van der Waals surface area contributed by atoms with Gasteiger partial charge in [-0.05, 0) is 79.5 Å². The van der Waals surface area contributed by atoms with E-state index in [0.717, 1.165) is 42.7 Å². The maximum absolute atomic E-state index is 13.1. The van der Waals surface area contributed by atoms with Crippen LogP contribution in [0, 0.1) is 5.41 Å². The summed E-state index contributed by atoms with van der Waals surface area (Å²) in [5.41, 5.74) is 4.43. The van der Waals surface area contributed by atoms with Gasteiger partial charge in [0.2, 0.25) is 0 Å². The van der Waals surface area contributed by atoms with Crippen LogP contribution in [0.3, 0.4) is 0 Å². The number of hydrogen-bond acceptors (Lipinski definition) is 9. The lowest BCUT2D eigenvalue weighted by atomic mass is 9.73. The van der Waals surface area contributed by atoms with Gasteiger partial charge in [0, 0.05) is 25.6 Å². The van der Waals surface area contributed by atoms with Crippen LogP contribution in [0.15, 0.2) is 30.7 Å². The van der Waals surface area contributed by atoms with E-state index in [2.05, 4.69) is 26.6 Å². The third-order valence-electron chi connectivity index (χ3n) is 8.82. The molecule has 2 aliphatic heterocycles. The van der Waals surface area contributed by atoms with Gasteiger partial charge in [-0.15, -0.1) is 0 Å². The molecule has 5 heterocycles. The smallest absolute Gasteiger partial charge is 0.182 e. The number of nitrogens with one attached hydrogen (secondary N) is 1. The zero-order chi connectivity index (χ0) is 32.3. The summed E-state index contributed by atoms with van der Waals surface area (Å²) in [6.45, 7) is 15.8. The highest BCUT2D eigenvalue weighted by Gasteiger charge is 2.51. The molecule has 244 valence electrons. The van der Waals surface area contributed by atoms with Crippen LogP contribution in [0.25, 0.3) is 27.9 Å². The molecule has 2 unspecified atom stereocenters. The van der Waals surface area contributed by atoms with Crippen molar-refractivity contribution in [3.63, 3.8) is 0 Å². The summed E-state index contributed by atoms with van der Waals surface area (Å²) in [6, 6.07) is 5.97. The first-order chi connectivity index (χ1) is 21.2. The third kappa shape index (κ3) is 6.19. The molecular weight excluding hydrogens is 613 g/mol. The zero-order valence-electron chi connectivity index (χ0n) is 27.4. The molecule has 4 aromatic rings. The number of piperidine rings is 1. The molecule has 2 aliphatic rings. The van der Waals surface area contributed by atoms with Crippen molar-refractivity contribution >= 4 is 50.1 Å². The van der Waals surface area contributed by atoms with E-state index in [-0.39, 0.29) is 28.9 Å². The molecule has 0 amide bonds. The van der Waals surface area contributed by atoms with Gasteiger partial charge in [-0.3, -0.25) is 4.18 Å². The second kappa shape index (κ2) is 11.8. The second-order valence-corrected chi connectivity index (χ2v) is 18.2. The Bertz CT molecular complexity index is 1760. The second-order valence-electron chi connectivity index (χ2n) is 14.2. The Kier molecular flexibility index (Phi) is 8.43. The molecule has 0 bridgehead atoms. The number of hydrogen-bond donors (Lipinski definition) is 1. The Morgan fingerprint density at radius 2 is 1.80 bits per heavy atom. The average molecular weight is 657 g/mol. The lowest BCUT2D eigenvalue weighted by Crippen LogP contribution is -2.55. The zero-order valence-corrected chi connectivity index (χ0v) is 29.0. The highest BCUT2D eigenvalue weighted by molar-refractivity contribution is 7.84. The third-order valence-corrected chi connectivity index (χ3v) is 11.7. The first-order valence-electron chi connectivity index (χ1n) is 15.4. The normalized spacial score (nSPS) is 22.1. The molecule has 6 rings (SSSR count). The van der Waals surface area contributed by atoms with Crippen molar-refractivity contribution in [3.8, 4) is 5.69 Å². The van der Waals surface area contributed by atoms with Crippen molar-refractivity contribution in [2.75, 3.05) is 24.6 Å². The van der Waals surface area contributed by atoms with E-state index >= 15 is 0 Å². The molecule has 14 heteroatoms. The molecule has 2 fully saturated rings. The highest BCUT2D eigenvalue weighted by atomic mass is 32.2. The Morgan fingerprint density at radius 1 is 1.07 bits per heavy atom. The van der Waals surface area contributed by atoms with Gasteiger partial charge in [-0.2, -0.15) is 5.10 Å². The Morgan fingerprint density at radius 3 is 2.49 bits per heavy atom. The number of imidazole rings is 1. The average Bonchev–Trinajstić information content (AvgIpc) is 3.66. The van der Waals surface area contributed by atoms with Crippen LogP contribution in [0.1, 0.15) is 67.0 Å². The summed E-state index contributed by atoms with van der Waals surface area (Å²) in [4.78, 5) is 16.8. The topological polar surface area (TPSA) is 129 Å². The minimum atomic E-state index is -1.53. The van der Waals surface area contributed by atoms with Crippen molar-refractivity contribution in [2.45, 2.75) is 89.6 Å². The highest BCUT2D eigenvalue weighted by Crippen LogP contribution is 2.44. The van der Waals surface area contributed by atoms with E-state index in [0.29, 0.717) is 29.3 Å². The molecule has 3 aromatic heterocycles. The summed E-state index contributed by atoms with van der Waals surface area (Å²) in [5.74, 6) is 0.706. The van der Waals surface area contributed by atoms with Crippen LogP contribution >= 0.6 is 0 Å². The molecule has 1 N–H and O–H groups in total. The van der Waals surface area contributed by atoms with Crippen molar-refractivity contribution in [1.82, 2.24) is 34.0 Å². The fourth-order valence-electron chi connectivity index (χ4n) is 6.07. The van der Waals surface area contributed by atoms with Crippen LogP contribution in [-0.2, 0) is 44.6 Å². The Labute approximate surface area is 269 Å². The molecule has 45 heavy (non-hydrogen) atoms. The predicted octanol–water partition coefficient (Wildman–Crippen LogP) is 4.11. The maximum atomic E-state index is 13.1. The van der Waals surface area contributed by atoms with Gasteiger partial charge in [0.05, 0.1) is 68.5 Å². The summed E-state index contributed by atoms with van der Waals surface area (Å²) >= 11 is -1.53. The van der Waals surface area contributed by atoms with Crippen molar-refractivity contribution in [3.05, 3.63) is 36.4 Å². The van der Waals surface area contributed by atoms with Crippen LogP contribution < -0.4 is 9.62 Å². The number of ether oxygens (including phenoxy) is 1. The van der Waals surface area contributed by atoms with Gasteiger partial charge in [0.15, 0.2) is 22.5 Å². The van der Waals surface area contributed by atoms with Crippen LogP contribution in [0.2, 0.25) is 0 Å². The number of aryl methyl sites for hydroxylation is 1. The van der Waals surface area contributed by atoms with Gasteiger partial charge in [0.1, 0.15) is 17.8 Å². The van der Waals surface area contributed by atoms with Crippen molar-refractivity contribution in [2.24, 2.45) is 12.5 Å². The number of benzene rings is 1. The number of fused-ring (bicyclic) bond motifs is 2. The summed E-state index contributed by atoms with van der Waals surface area (Å²) < 4.78 is 44.3. The van der Waals surface area contributed by atoms with E-state index in [1.165, 1.54) is 0 Å².